The molecular formula is C93H84Cl6F6N18O9. The van der Waals surface area contributed by atoms with Crippen molar-refractivity contribution in [3.63, 3.8) is 0 Å². The topological polar surface area (TPSA) is 320 Å². The number of fused-ring (bicyclic) bond motifs is 6. The Morgan fingerprint density at radius 1 is 0.402 bits per heavy atom. The highest BCUT2D eigenvalue weighted by Crippen LogP contribution is 2.53. The first-order valence-electron chi connectivity index (χ1n) is 41.8. The minimum Gasteiger partial charge on any atom is -0.487 e. The van der Waals surface area contributed by atoms with Gasteiger partial charge < -0.3 is 60.8 Å². The molecule has 132 heavy (non-hydrogen) atoms. The largest absolute Gasteiger partial charge is 0.487 e. The summed E-state index contributed by atoms with van der Waals surface area (Å²) in [5.41, 5.74) is 19.9. The average Bonchev–Trinajstić information content (AvgIpc) is 1.18. The van der Waals surface area contributed by atoms with E-state index in [2.05, 4.69) is 49.6 Å². The van der Waals surface area contributed by atoms with Crippen LogP contribution in [0.15, 0.2) is 126 Å². The first kappa shape index (κ1) is 92.6. The quantitative estimate of drug-likeness (QED) is 0.0443. The zero-order valence-corrected chi connectivity index (χ0v) is 76.9. The molecule has 6 N–H and O–H groups in total. The van der Waals surface area contributed by atoms with Crippen LogP contribution in [0.1, 0.15) is 93.1 Å². The van der Waals surface area contributed by atoms with Gasteiger partial charge in [0.1, 0.15) is 37.3 Å². The first-order valence-corrected chi connectivity index (χ1v) is 44.1. The van der Waals surface area contributed by atoms with Gasteiger partial charge >= 0.3 is 17.1 Å². The van der Waals surface area contributed by atoms with Crippen LogP contribution in [0.25, 0.3) is 83.2 Å². The van der Waals surface area contributed by atoms with Crippen LogP contribution in [0.3, 0.4) is 0 Å². The van der Waals surface area contributed by atoms with Crippen molar-refractivity contribution in [1.29, 1.82) is 0 Å². The van der Waals surface area contributed by atoms with Gasteiger partial charge in [0.2, 0.25) is 17.7 Å². The molecule has 39 heteroatoms. The molecule has 6 aromatic heterocycles. The molecule has 3 amide bonds. The van der Waals surface area contributed by atoms with Crippen LogP contribution in [-0.2, 0) is 14.4 Å². The summed E-state index contributed by atoms with van der Waals surface area (Å²) in [6.45, 7) is 30.2. The number of nitrogens with two attached hydrogens (primary N) is 3. The normalized spacial score (nSPS) is 16.1. The van der Waals surface area contributed by atoms with Gasteiger partial charge in [-0.2, -0.15) is 15.0 Å². The Labute approximate surface area is 780 Å². The van der Waals surface area contributed by atoms with Gasteiger partial charge in [0.15, 0.2) is 52.2 Å². The molecule has 0 aliphatic carbocycles. The molecule has 12 heterocycles. The summed E-state index contributed by atoms with van der Waals surface area (Å²) in [6.07, 6.45) is 8.62. The van der Waals surface area contributed by atoms with Gasteiger partial charge in [0.05, 0.1) is 132 Å². The Hall–Kier alpha value is -12.7. The number of hydrogen-bond donors (Lipinski definition) is 3. The summed E-state index contributed by atoms with van der Waals surface area (Å²) in [7, 11) is 0. The monoisotopic (exact) mass is 1920 g/mol. The van der Waals surface area contributed by atoms with E-state index in [0.717, 1.165) is 34.9 Å². The second-order valence-corrected chi connectivity index (χ2v) is 35.8. The Morgan fingerprint density at radius 2 is 0.652 bits per heavy atom. The number of benzene rings is 6. The molecule has 0 unspecified atom stereocenters. The molecule has 18 rings (SSSR count). The Bertz CT molecular complexity index is 6420. The molecule has 3 fully saturated rings. The summed E-state index contributed by atoms with van der Waals surface area (Å²) in [4.78, 5) is 117. The van der Waals surface area contributed by atoms with Crippen LogP contribution in [0.5, 0.6) is 17.2 Å². The fraction of sp³-hybridized carbons (Fsp3) is 0.290. The van der Waals surface area contributed by atoms with Gasteiger partial charge in [0.25, 0.3) is 0 Å². The fourth-order valence-corrected chi connectivity index (χ4v) is 19.4. The van der Waals surface area contributed by atoms with Crippen molar-refractivity contribution in [3.05, 3.63) is 241 Å². The lowest BCUT2D eigenvalue weighted by atomic mass is 9.98. The number of aromatic nitrogens is 9. The molecule has 6 aromatic carbocycles. The van der Waals surface area contributed by atoms with Gasteiger partial charge in [-0.3, -0.25) is 43.0 Å². The molecule has 27 nitrogen and oxygen atoms in total. The van der Waals surface area contributed by atoms with E-state index in [0.29, 0.717) is 73.4 Å². The molecule has 3 saturated heterocycles. The maximum Gasteiger partial charge on any atom is 0.354 e. The molecule has 0 radical (unpaired) electrons. The Kier molecular flexibility index (Phi) is 25.4. The third-order valence-corrected chi connectivity index (χ3v) is 26.1. The van der Waals surface area contributed by atoms with Crippen LogP contribution in [0, 0.1) is 55.7 Å². The minimum absolute atomic E-state index is 0.0572. The van der Waals surface area contributed by atoms with Crippen molar-refractivity contribution >= 4 is 155 Å². The number of nitrogens with zero attached hydrogens (tertiary/aromatic N) is 15. The Balaban J connectivity index is 0.000000144. The molecule has 6 aliphatic rings. The number of rotatable bonds is 12. The lowest BCUT2D eigenvalue weighted by Crippen LogP contribution is -2.56. The van der Waals surface area contributed by atoms with Crippen LogP contribution >= 0.6 is 69.6 Å². The number of carbonyl (C=O) groups is 3. The molecule has 6 aliphatic heterocycles. The summed E-state index contributed by atoms with van der Waals surface area (Å²) in [5, 5.41) is -0.641. The van der Waals surface area contributed by atoms with E-state index in [1.807, 2.05) is 77.0 Å². The van der Waals surface area contributed by atoms with Crippen molar-refractivity contribution in [2.24, 2.45) is 0 Å². The van der Waals surface area contributed by atoms with Gasteiger partial charge in [-0.1, -0.05) is 131 Å². The van der Waals surface area contributed by atoms with E-state index >= 15 is 26.3 Å². The van der Waals surface area contributed by atoms with Gasteiger partial charge in [-0.05, 0) is 128 Å². The number of amides is 3. The van der Waals surface area contributed by atoms with Gasteiger partial charge in [-0.25, -0.2) is 40.7 Å². The number of ether oxygens (including phenoxy) is 3. The predicted molar refractivity (Wildman–Crippen MR) is 501 cm³/mol. The zero-order valence-electron chi connectivity index (χ0n) is 72.4. The predicted octanol–water partition coefficient (Wildman–Crippen LogP) is 16.9. The fourth-order valence-electron chi connectivity index (χ4n) is 18.0. The smallest absolute Gasteiger partial charge is 0.354 e. The van der Waals surface area contributed by atoms with Crippen LogP contribution < -0.4 is 63.2 Å². The van der Waals surface area contributed by atoms with Crippen LogP contribution in [0.4, 0.5) is 60.9 Å². The molecule has 3 atom stereocenters. The first-order chi connectivity index (χ1) is 62.8. The zero-order chi connectivity index (χ0) is 94.8. The van der Waals surface area contributed by atoms with E-state index < -0.39 is 70.1 Å². The number of nitrogen functional groups attached to an aromatic ring is 3. The number of halogens is 12. The van der Waals surface area contributed by atoms with E-state index in [4.69, 9.17) is 101 Å². The lowest BCUT2D eigenvalue weighted by molar-refractivity contribution is -0.127. The van der Waals surface area contributed by atoms with Crippen LogP contribution in [0.2, 0.25) is 30.1 Å². The molecule has 0 bridgehead atoms. The Morgan fingerprint density at radius 3 is 0.886 bits per heavy atom. The van der Waals surface area contributed by atoms with Crippen LogP contribution in [-0.4, -0.2) is 173 Å². The van der Waals surface area contributed by atoms with Gasteiger partial charge in [0, 0.05) is 111 Å². The standard InChI is InChI=1S/3C31H28Cl2F2N6O3/c3*1-5-21(42)39-8-9-40-16(12-39)13-44-29-23-20(10-17(24(29)34)22-25(35)18(32)11-19(33)26(22)36)41(31(43)38-30(23)40)28-15(4)6-7-37-27(28)14(2)3/h3*5-7,10-11,14,16H,1,8-9,12-13,36H2,2-4H3/t3*16-/m111/s1. The van der Waals surface area contributed by atoms with Crippen molar-refractivity contribution in [2.75, 3.05) is 111 Å². The second kappa shape index (κ2) is 36.1. The number of anilines is 6. The molecule has 684 valence electrons. The number of piperazine rings is 3. The maximum absolute atomic E-state index is 16.7. The third kappa shape index (κ3) is 15.8. The average molecular weight is 1920 g/mol. The van der Waals surface area contributed by atoms with E-state index in [1.54, 1.807) is 51.5 Å². The minimum atomic E-state index is -0.979. The van der Waals surface area contributed by atoms with Crippen molar-refractivity contribution < 1.29 is 54.9 Å². The lowest BCUT2D eigenvalue weighted by Gasteiger charge is -2.40. The summed E-state index contributed by atoms with van der Waals surface area (Å²) >= 11 is 37.2. The molecule has 0 saturated carbocycles. The SMILES string of the molecule is C=CC(=O)N1CCN2c3nc(=O)n(-c4c(C)ccnc4C(C)C)c4cc(-c5c(N)c(Cl)cc(Cl)c5F)c(F)c(c34)OC[C@H]2C1.C=CC(=O)N1CCN2c3nc(=O)n(-c4c(C)ccnc4C(C)C)c4cc(-c5c(N)c(Cl)cc(Cl)c5F)c(F)c(c34)OC[C@H]2C1.C=CC(=O)N1CCN2c3nc(=O)n(-c4c(C)ccnc4C(C)C)c4cc(-c5c(N)c(Cl)cc(Cl)c5F)c(F)c(c34)OC[C@H]2C1. The highest BCUT2D eigenvalue weighted by Gasteiger charge is 2.43. The highest BCUT2D eigenvalue weighted by atomic mass is 35.5. The number of aryl methyl sites for hydroxylation is 3. The number of carbonyl (C=O) groups excluding carboxylic acids is 3. The number of hydrogen-bond acceptors (Lipinski definition) is 21. The second-order valence-electron chi connectivity index (χ2n) is 33.4. The maximum atomic E-state index is 16.7. The van der Waals surface area contributed by atoms with E-state index in [-0.39, 0.29) is 223 Å². The highest BCUT2D eigenvalue weighted by molar-refractivity contribution is 6.39. The molecular weight excluding hydrogens is 1840 g/mol. The summed E-state index contributed by atoms with van der Waals surface area (Å²) in [5.74, 6) is -6.95. The number of pyridine rings is 3. The van der Waals surface area contributed by atoms with Crippen molar-refractivity contribution in [1.82, 2.24) is 58.3 Å². The van der Waals surface area contributed by atoms with Crippen molar-refractivity contribution in [2.45, 2.75) is 98.2 Å². The van der Waals surface area contributed by atoms with E-state index in [9.17, 15) is 28.8 Å². The summed E-state index contributed by atoms with van der Waals surface area (Å²) in [6, 6.07) is 11.3. The molecule has 12 aromatic rings. The van der Waals surface area contributed by atoms with Gasteiger partial charge in [-0.15, -0.1) is 0 Å². The van der Waals surface area contributed by atoms with E-state index in [1.165, 1.54) is 50.1 Å². The molecule has 0 spiro atoms. The third-order valence-electron chi connectivity index (χ3n) is 24.4. The van der Waals surface area contributed by atoms with Crippen molar-refractivity contribution in [3.8, 4) is 67.7 Å². The summed E-state index contributed by atoms with van der Waals surface area (Å²) < 4.78 is 119.